The minimum absolute atomic E-state index is 0.0167. The van der Waals surface area contributed by atoms with Crippen molar-refractivity contribution in [2.75, 3.05) is 50.0 Å². The summed E-state index contributed by atoms with van der Waals surface area (Å²) in [5.41, 5.74) is 9.23. The number of nitrogen functional groups attached to an aromatic ring is 1. The average Bonchev–Trinajstić information content (AvgIpc) is 3.81. The van der Waals surface area contributed by atoms with Crippen LogP contribution in [0.15, 0.2) is 24.5 Å². The Balaban J connectivity index is 1.14. The number of carbonyl (C=O) groups is 3. The van der Waals surface area contributed by atoms with E-state index in [-0.39, 0.29) is 36.6 Å². The zero-order valence-electron chi connectivity index (χ0n) is 27.1. The molecule has 2 fully saturated rings. The molecular formula is C32H41ClN8O5S. The van der Waals surface area contributed by atoms with Gasteiger partial charge < -0.3 is 35.2 Å². The summed E-state index contributed by atoms with van der Waals surface area (Å²) in [7, 11) is 0. The molecule has 6 heterocycles. The molecule has 6 rings (SSSR count). The van der Waals surface area contributed by atoms with E-state index in [2.05, 4.69) is 26.4 Å². The average molecular weight is 685 g/mol. The van der Waals surface area contributed by atoms with Crippen molar-refractivity contribution in [3.8, 4) is 5.75 Å². The molecule has 1 unspecified atom stereocenters. The Morgan fingerprint density at radius 3 is 2.70 bits per heavy atom. The van der Waals surface area contributed by atoms with E-state index in [1.165, 1.54) is 17.7 Å². The molecule has 0 aliphatic carbocycles. The Hall–Kier alpha value is -4.04. The summed E-state index contributed by atoms with van der Waals surface area (Å²) in [6.07, 6.45) is 6.40. The molecule has 3 N–H and O–H groups in total. The van der Waals surface area contributed by atoms with Gasteiger partial charge in [0.2, 0.25) is 5.91 Å². The maximum Gasteiger partial charge on any atom is 0.410 e. The fraction of sp³-hybridized carbons (Fsp3) is 0.531. The summed E-state index contributed by atoms with van der Waals surface area (Å²) in [4.78, 5) is 48.7. The maximum atomic E-state index is 13.6. The van der Waals surface area contributed by atoms with Crippen molar-refractivity contribution in [3.63, 3.8) is 0 Å². The molecule has 3 aliphatic rings. The fourth-order valence-corrected chi connectivity index (χ4v) is 7.49. The van der Waals surface area contributed by atoms with Gasteiger partial charge in [0, 0.05) is 51.8 Å². The minimum Gasteiger partial charge on any atom is -0.490 e. The van der Waals surface area contributed by atoms with Crippen LogP contribution in [0.25, 0.3) is 11.1 Å². The van der Waals surface area contributed by atoms with Gasteiger partial charge >= 0.3 is 6.09 Å². The Labute approximate surface area is 282 Å². The van der Waals surface area contributed by atoms with Crippen LogP contribution in [-0.4, -0.2) is 99.3 Å². The lowest BCUT2D eigenvalue weighted by molar-refractivity contribution is -0.127. The smallest absolute Gasteiger partial charge is 0.410 e. The van der Waals surface area contributed by atoms with Crippen molar-refractivity contribution in [2.45, 2.75) is 71.1 Å². The van der Waals surface area contributed by atoms with Gasteiger partial charge in [0.25, 0.3) is 5.91 Å². The molecule has 2 saturated heterocycles. The van der Waals surface area contributed by atoms with E-state index in [1.807, 2.05) is 26.8 Å². The summed E-state index contributed by atoms with van der Waals surface area (Å²) < 4.78 is 13.9. The molecule has 0 radical (unpaired) electrons. The largest absolute Gasteiger partial charge is 0.490 e. The number of hydrogen-bond donors (Lipinski definition) is 2. The van der Waals surface area contributed by atoms with E-state index >= 15 is 0 Å². The van der Waals surface area contributed by atoms with Crippen molar-refractivity contribution in [2.24, 2.45) is 0 Å². The van der Waals surface area contributed by atoms with Gasteiger partial charge in [0.1, 0.15) is 34.7 Å². The maximum absolute atomic E-state index is 13.6. The number of halogens is 1. The monoisotopic (exact) mass is 684 g/mol. The van der Waals surface area contributed by atoms with Crippen LogP contribution in [0, 0.1) is 0 Å². The fourth-order valence-electron chi connectivity index (χ4n) is 6.43. The second-order valence-corrected chi connectivity index (χ2v) is 14.9. The molecule has 47 heavy (non-hydrogen) atoms. The molecule has 3 aromatic rings. The number of amides is 3. The molecule has 0 bridgehead atoms. The van der Waals surface area contributed by atoms with Crippen LogP contribution in [0.2, 0.25) is 4.34 Å². The molecule has 0 saturated carbocycles. The Morgan fingerprint density at radius 1 is 1.17 bits per heavy atom. The van der Waals surface area contributed by atoms with Gasteiger partial charge in [-0.1, -0.05) is 17.7 Å². The van der Waals surface area contributed by atoms with Gasteiger partial charge in [-0.25, -0.2) is 14.3 Å². The summed E-state index contributed by atoms with van der Waals surface area (Å²) in [6, 6.07) is 3.40. The van der Waals surface area contributed by atoms with Crippen molar-refractivity contribution in [1.82, 2.24) is 29.7 Å². The van der Waals surface area contributed by atoms with Crippen LogP contribution in [0.5, 0.6) is 5.75 Å². The van der Waals surface area contributed by atoms with Crippen molar-refractivity contribution >= 4 is 63.4 Å². The molecule has 3 amide bonds. The SMILES string of the molecule is CC(=O)N1CC=C(c2cc(N3CCC[C@@H](NC(=O)c4sc(Cl)cc4OCC4CCCN4C(=O)OC(C)(C)C)C3)c3c(N)ncnn23)C1. The Kier molecular flexibility index (Phi) is 9.25. The van der Waals surface area contributed by atoms with Gasteiger partial charge in [-0.15, -0.1) is 11.3 Å². The first-order valence-electron chi connectivity index (χ1n) is 15.9. The number of fused-ring (bicyclic) bond motifs is 1. The Bertz CT molecular complexity index is 1710. The zero-order valence-corrected chi connectivity index (χ0v) is 28.7. The highest BCUT2D eigenvalue weighted by atomic mass is 35.5. The molecule has 13 nitrogen and oxygen atoms in total. The molecular weight excluding hydrogens is 644 g/mol. The van der Waals surface area contributed by atoms with Crippen molar-refractivity contribution in [3.05, 3.63) is 39.4 Å². The summed E-state index contributed by atoms with van der Waals surface area (Å²) >= 11 is 7.54. The molecule has 252 valence electrons. The first-order chi connectivity index (χ1) is 22.4. The number of aromatic nitrogens is 3. The number of hydrogen-bond acceptors (Lipinski definition) is 10. The van der Waals surface area contributed by atoms with Gasteiger partial charge in [-0.2, -0.15) is 5.10 Å². The highest BCUT2D eigenvalue weighted by molar-refractivity contribution is 7.18. The third-order valence-electron chi connectivity index (χ3n) is 8.66. The molecule has 2 atom stereocenters. The second-order valence-electron chi connectivity index (χ2n) is 13.2. The number of anilines is 2. The number of piperidine rings is 1. The van der Waals surface area contributed by atoms with Gasteiger partial charge in [-0.3, -0.25) is 9.59 Å². The zero-order chi connectivity index (χ0) is 33.5. The third kappa shape index (κ3) is 7.13. The second kappa shape index (κ2) is 13.2. The highest BCUT2D eigenvalue weighted by Gasteiger charge is 2.34. The standard InChI is InChI=1S/C32H41ClN8O5S/c1-19(42)38-12-9-20(15-38)23-13-24(27-29(34)35-18-36-41(23)27)39-10-5-7-21(16-39)37-30(43)28-25(14-26(33)47-28)45-17-22-8-6-11-40(22)31(44)46-32(2,3)4/h9,13-14,18,21-22H,5-8,10-12,15-17H2,1-4H3,(H,37,43)(H2,34,35,36)/t21-,22?/m1/s1. The van der Waals surface area contributed by atoms with Crippen LogP contribution in [0.3, 0.4) is 0 Å². The van der Waals surface area contributed by atoms with Gasteiger partial charge in [0.15, 0.2) is 5.82 Å². The normalized spacial score (nSPS) is 20.1. The van der Waals surface area contributed by atoms with E-state index in [4.69, 9.17) is 26.8 Å². The van der Waals surface area contributed by atoms with Crippen LogP contribution in [0.4, 0.5) is 16.3 Å². The van der Waals surface area contributed by atoms with Crippen LogP contribution in [0.1, 0.15) is 68.7 Å². The number of nitrogens with zero attached hydrogens (tertiary/aromatic N) is 6. The number of likely N-dealkylation sites (tertiary alicyclic amines) is 1. The van der Waals surface area contributed by atoms with Crippen LogP contribution < -0.4 is 20.7 Å². The predicted octanol–water partition coefficient (Wildman–Crippen LogP) is 4.45. The van der Waals surface area contributed by atoms with Crippen molar-refractivity contribution in [1.29, 1.82) is 0 Å². The number of nitrogens with one attached hydrogen (secondary N) is 1. The first kappa shape index (κ1) is 32.9. The lowest BCUT2D eigenvalue weighted by Gasteiger charge is -2.34. The van der Waals surface area contributed by atoms with Gasteiger partial charge in [0.05, 0.1) is 21.8 Å². The van der Waals surface area contributed by atoms with Crippen LogP contribution in [-0.2, 0) is 9.53 Å². The number of nitrogens with two attached hydrogens (primary N) is 1. The molecule has 0 spiro atoms. The highest BCUT2D eigenvalue weighted by Crippen LogP contribution is 2.36. The van der Waals surface area contributed by atoms with Crippen molar-refractivity contribution < 1.29 is 23.9 Å². The molecule has 3 aromatic heterocycles. The van der Waals surface area contributed by atoms with E-state index in [1.54, 1.807) is 27.3 Å². The molecule has 15 heteroatoms. The predicted molar refractivity (Wildman–Crippen MR) is 181 cm³/mol. The lowest BCUT2D eigenvalue weighted by Crippen LogP contribution is -2.47. The quantitative estimate of drug-likeness (QED) is 0.368. The van der Waals surface area contributed by atoms with Gasteiger partial charge in [-0.05, 0) is 58.1 Å². The Morgan fingerprint density at radius 2 is 1.96 bits per heavy atom. The van der Waals surface area contributed by atoms with E-state index < -0.39 is 5.60 Å². The lowest BCUT2D eigenvalue weighted by atomic mass is 10.0. The summed E-state index contributed by atoms with van der Waals surface area (Å²) in [6.45, 7) is 10.3. The van der Waals surface area contributed by atoms with E-state index in [0.717, 1.165) is 49.2 Å². The number of carbonyl (C=O) groups excluding carboxylic acids is 3. The van der Waals surface area contributed by atoms with E-state index in [9.17, 15) is 14.4 Å². The first-order valence-corrected chi connectivity index (χ1v) is 17.1. The molecule has 0 aromatic carbocycles. The number of thiophene rings is 1. The van der Waals surface area contributed by atoms with E-state index in [0.29, 0.717) is 52.5 Å². The number of rotatable bonds is 7. The number of ether oxygens (including phenoxy) is 2. The minimum atomic E-state index is -0.588. The summed E-state index contributed by atoms with van der Waals surface area (Å²) in [5.74, 6) is 0.517. The third-order valence-corrected chi connectivity index (χ3v) is 9.91. The summed E-state index contributed by atoms with van der Waals surface area (Å²) in [5, 5.41) is 7.69. The molecule has 3 aliphatic heterocycles. The topological polar surface area (TPSA) is 148 Å². The van der Waals surface area contributed by atoms with Crippen LogP contribution >= 0.6 is 22.9 Å².